The highest BCUT2D eigenvalue weighted by Gasteiger charge is 2.32. The minimum Gasteiger partial charge on any atom is -0.481 e. The molecule has 13 nitrogen and oxygen atoms in total. The van der Waals surface area contributed by atoms with Gasteiger partial charge in [-0.15, -0.1) is 0 Å². The highest BCUT2D eigenvalue weighted by Crippen LogP contribution is 2.07. The van der Waals surface area contributed by atoms with Gasteiger partial charge in [0.1, 0.15) is 18.4 Å². The normalized spacial score (nSPS) is 16.4. The number of nitrogens with two attached hydrogens (primary N) is 1. The van der Waals surface area contributed by atoms with E-state index in [1.54, 1.807) is 6.92 Å². The van der Waals surface area contributed by atoms with Crippen LogP contribution in [0, 0.1) is 5.92 Å². The molecule has 0 bridgehead atoms. The Morgan fingerprint density at radius 3 is 1.97 bits per heavy atom. The van der Waals surface area contributed by atoms with Gasteiger partial charge in [-0.3, -0.25) is 24.0 Å². The molecule has 6 atom stereocenters. The van der Waals surface area contributed by atoms with Crippen molar-refractivity contribution >= 4 is 35.9 Å². The highest BCUT2D eigenvalue weighted by molar-refractivity contribution is 5.94. The molecule has 0 aliphatic heterocycles. The first-order valence-electron chi connectivity index (χ1n) is 10.1. The van der Waals surface area contributed by atoms with Gasteiger partial charge < -0.3 is 41.8 Å². The Kier molecular flexibility index (Phi) is 12.7. The zero-order valence-corrected chi connectivity index (χ0v) is 18.2. The lowest BCUT2D eigenvalue weighted by Crippen LogP contribution is -2.59. The molecule has 0 aromatic rings. The van der Waals surface area contributed by atoms with Crippen molar-refractivity contribution in [2.75, 3.05) is 0 Å². The van der Waals surface area contributed by atoms with Crippen LogP contribution < -0.4 is 21.7 Å². The number of nitrogens with one attached hydrogen (secondary N) is 3. The fraction of sp³-hybridized carbons (Fsp3) is 0.684. The van der Waals surface area contributed by atoms with Crippen molar-refractivity contribution in [2.24, 2.45) is 11.7 Å². The summed E-state index contributed by atoms with van der Waals surface area (Å²) in [5.41, 5.74) is 5.84. The predicted octanol–water partition coefficient (Wildman–Crippen LogP) is -2.27. The Morgan fingerprint density at radius 1 is 0.938 bits per heavy atom. The summed E-state index contributed by atoms with van der Waals surface area (Å²) < 4.78 is 0. The molecule has 0 aromatic heterocycles. The number of carboxylic acids is 2. The molecule has 0 saturated heterocycles. The maximum Gasteiger partial charge on any atom is 0.305 e. The lowest BCUT2D eigenvalue weighted by Gasteiger charge is -2.26. The standard InChI is InChI=1S/C19H32N4O9/c1-4-9(2)15(20)18(31)22-12(5-6-13(26)27)17(30)23-16(10(3)25)19(32)21-11(8-24)7-14(28)29/h8-12,15-16,25H,4-7,20H2,1-3H3,(H,21,32)(H,22,31)(H,23,30)(H,26,27)(H,28,29)/t9-,10+,11-,12-,15-,16-/m0/s1. The minimum absolute atomic E-state index is 0.194. The smallest absolute Gasteiger partial charge is 0.305 e. The molecule has 0 rings (SSSR count). The van der Waals surface area contributed by atoms with E-state index in [0.717, 1.165) is 0 Å². The third-order valence-electron chi connectivity index (χ3n) is 4.79. The summed E-state index contributed by atoms with van der Waals surface area (Å²) in [6, 6.07) is -5.33. The summed E-state index contributed by atoms with van der Waals surface area (Å²) in [4.78, 5) is 70.1. The van der Waals surface area contributed by atoms with Crippen LogP contribution in [0.1, 0.15) is 46.5 Å². The molecule has 32 heavy (non-hydrogen) atoms. The summed E-state index contributed by atoms with van der Waals surface area (Å²) in [6.07, 6.45) is -2.19. The van der Waals surface area contributed by atoms with Gasteiger partial charge in [-0.1, -0.05) is 20.3 Å². The molecule has 0 aliphatic carbocycles. The molecule has 0 spiro atoms. The van der Waals surface area contributed by atoms with Gasteiger partial charge in [0.15, 0.2) is 0 Å². The number of aliphatic hydroxyl groups excluding tert-OH is 1. The van der Waals surface area contributed by atoms with Gasteiger partial charge in [0.05, 0.1) is 24.6 Å². The number of hydrogen-bond acceptors (Lipinski definition) is 8. The van der Waals surface area contributed by atoms with Gasteiger partial charge in [0.2, 0.25) is 17.7 Å². The van der Waals surface area contributed by atoms with Gasteiger partial charge in [0.25, 0.3) is 0 Å². The second kappa shape index (κ2) is 14.1. The SMILES string of the molecule is CC[C@H](C)[C@H](N)C(=O)N[C@@H](CCC(=O)O)C(=O)N[C@H](C(=O)N[C@H](C=O)CC(=O)O)[C@@H](C)O. The van der Waals surface area contributed by atoms with E-state index < -0.39 is 72.8 Å². The second-order valence-electron chi connectivity index (χ2n) is 7.48. The van der Waals surface area contributed by atoms with Gasteiger partial charge in [-0.2, -0.15) is 0 Å². The molecule has 0 fully saturated rings. The number of amides is 3. The first-order valence-corrected chi connectivity index (χ1v) is 10.1. The van der Waals surface area contributed by atoms with E-state index in [-0.39, 0.29) is 18.6 Å². The molecule has 0 heterocycles. The maximum absolute atomic E-state index is 12.7. The van der Waals surface area contributed by atoms with E-state index >= 15 is 0 Å². The van der Waals surface area contributed by atoms with E-state index in [1.807, 2.05) is 6.92 Å². The summed E-state index contributed by atoms with van der Waals surface area (Å²) in [5, 5.41) is 34.2. The van der Waals surface area contributed by atoms with Crippen molar-refractivity contribution in [1.82, 2.24) is 16.0 Å². The topological polar surface area (TPSA) is 225 Å². The molecule has 0 saturated carbocycles. The molecule has 0 aliphatic rings. The van der Waals surface area contributed by atoms with Gasteiger partial charge in [0, 0.05) is 6.42 Å². The largest absolute Gasteiger partial charge is 0.481 e. The molecule has 8 N–H and O–H groups in total. The fourth-order valence-corrected chi connectivity index (χ4v) is 2.57. The van der Waals surface area contributed by atoms with Crippen molar-refractivity contribution in [3.63, 3.8) is 0 Å². The second-order valence-corrected chi connectivity index (χ2v) is 7.48. The number of hydrogen-bond donors (Lipinski definition) is 7. The van der Waals surface area contributed by atoms with Gasteiger partial charge >= 0.3 is 11.9 Å². The molecule has 182 valence electrons. The number of aliphatic carboxylic acids is 2. The van der Waals surface area contributed by atoms with Crippen LogP contribution in [0.25, 0.3) is 0 Å². The van der Waals surface area contributed by atoms with Crippen LogP contribution in [0.5, 0.6) is 0 Å². The lowest BCUT2D eigenvalue weighted by molar-refractivity contribution is -0.140. The Balaban J connectivity index is 5.45. The number of carbonyl (C=O) groups is 6. The third kappa shape index (κ3) is 10.3. The highest BCUT2D eigenvalue weighted by atomic mass is 16.4. The van der Waals surface area contributed by atoms with Crippen LogP contribution in [-0.2, 0) is 28.8 Å². The summed E-state index contributed by atoms with van der Waals surface area (Å²) in [6.45, 7) is 4.71. The average Bonchev–Trinajstić information content (AvgIpc) is 2.71. The molecule has 3 amide bonds. The van der Waals surface area contributed by atoms with Crippen molar-refractivity contribution in [2.45, 2.75) is 76.7 Å². The maximum atomic E-state index is 12.7. The first kappa shape index (κ1) is 28.9. The molecule has 0 aromatic carbocycles. The zero-order valence-electron chi connectivity index (χ0n) is 18.2. The van der Waals surface area contributed by atoms with E-state index in [9.17, 15) is 33.9 Å². The Hall–Kier alpha value is -3.06. The third-order valence-corrected chi connectivity index (χ3v) is 4.79. The Bertz CT molecular complexity index is 698. The van der Waals surface area contributed by atoms with Crippen LogP contribution >= 0.6 is 0 Å². The summed E-state index contributed by atoms with van der Waals surface area (Å²) in [7, 11) is 0. The van der Waals surface area contributed by atoms with Gasteiger partial charge in [-0.05, 0) is 19.3 Å². The quantitative estimate of drug-likeness (QED) is 0.130. The number of aliphatic hydroxyl groups is 1. The fourth-order valence-electron chi connectivity index (χ4n) is 2.57. The van der Waals surface area contributed by atoms with Crippen LogP contribution in [0.4, 0.5) is 0 Å². The van der Waals surface area contributed by atoms with Crippen molar-refractivity contribution in [1.29, 1.82) is 0 Å². The summed E-state index contributed by atoms with van der Waals surface area (Å²) >= 11 is 0. The average molecular weight is 460 g/mol. The molecule has 13 heteroatoms. The Morgan fingerprint density at radius 2 is 1.53 bits per heavy atom. The lowest BCUT2D eigenvalue weighted by atomic mass is 9.98. The van der Waals surface area contributed by atoms with E-state index in [1.165, 1.54) is 6.92 Å². The van der Waals surface area contributed by atoms with Crippen molar-refractivity contribution in [3.05, 3.63) is 0 Å². The zero-order chi connectivity index (χ0) is 25.0. The van der Waals surface area contributed by atoms with E-state index in [2.05, 4.69) is 16.0 Å². The number of rotatable bonds is 15. The summed E-state index contributed by atoms with van der Waals surface area (Å²) in [5.74, 6) is -5.48. The van der Waals surface area contributed by atoms with Crippen molar-refractivity contribution < 1.29 is 44.1 Å². The minimum atomic E-state index is -1.61. The Labute approximate surface area is 185 Å². The van der Waals surface area contributed by atoms with Crippen LogP contribution in [0.3, 0.4) is 0 Å². The molecule has 0 unspecified atom stereocenters. The molecular weight excluding hydrogens is 428 g/mol. The molecular formula is C19H32N4O9. The predicted molar refractivity (Wildman–Crippen MR) is 110 cm³/mol. The van der Waals surface area contributed by atoms with Crippen LogP contribution in [0.15, 0.2) is 0 Å². The number of carboxylic acid groups (broad SMARTS) is 2. The van der Waals surface area contributed by atoms with Crippen LogP contribution in [-0.4, -0.2) is 81.5 Å². The van der Waals surface area contributed by atoms with Crippen LogP contribution in [0.2, 0.25) is 0 Å². The first-order chi connectivity index (χ1) is 14.8. The van der Waals surface area contributed by atoms with Gasteiger partial charge in [-0.25, -0.2) is 0 Å². The van der Waals surface area contributed by atoms with Crippen molar-refractivity contribution in [3.8, 4) is 0 Å². The number of carbonyl (C=O) groups excluding carboxylic acids is 4. The van der Waals surface area contributed by atoms with E-state index in [0.29, 0.717) is 6.42 Å². The van der Waals surface area contributed by atoms with E-state index in [4.69, 9.17) is 15.9 Å². The molecule has 0 radical (unpaired) electrons. The number of aldehydes is 1. The monoisotopic (exact) mass is 460 g/mol.